The third-order valence-corrected chi connectivity index (χ3v) is 3.74. The smallest absolute Gasteiger partial charge is 0.103 e. The maximum atomic E-state index is 9.30. The lowest BCUT2D eigenvalue weighted by molar-refractivity contribution is 1.35. The molecular weight excluding hydrogens is 290 g/mol. The van der Waals surface area contributed by atoms with Crippen molar-refractivity contribution in [3.8, 4) is 12.1 Å². The average molecular weight is 300 g/mol. The summed E-state index contributed by atoms with van der Waals surface area (Å²) in [4.78, 5) is 0.887. The van der Waals surface area contributed by atoms with E-state index in [2.05, 4.69) is 17.5 Å². The minimum absolute atomic E-state index is 0.479. The lowest BCUT2D eigenvalue weighted by Gasteiger charge is -2.12. The number of nitrogens with one attached hydrogen (secondary N) is 1. The second kappa shape index (κ2) is 6.34. The van der Waals surface area contributed by atoms with Crippen LogP contribution in [0, 0.1) is 22.7 Å². The summed E-state index contributed by atoms with van der Waals surface area (Å²) in [5, 5.41) is 22.1. The zero-order valence-electron chi connectivity index (χ0n) is 10.6. The van der Waals surface area contributed by atoms with Crippen LogP contribution in [-0.4, -0.2) is 6.26 Å². The van der Waals surface area contributed by atoms with Crippen LogP contribution in [0.25, 0.3) is 0 Å². The van der Waals surface area contributed by atoms with Gasteiger partial charge in [0.2, 0.25) is 0 Å². The van der Waals surface area contributed by atoms with Crippen LogP contribution in [0.4, 0.5) is 11.4 Å². The van der Waals surface area contributed by atoms with Gasteiger partial charge in [0.1, 0.15) is 12.1 Å². The molecule has 1 N–H and O–H groups in total. The molecule has 0 heterocycles. The third-order valence-electron chi connectivity index (χ3n) is 2.73. The Balaban J connectivity index is 2.49. The van der Waals surface area contributed by atoms with Gasteiger partial charge in [-0.1, -0.05) is 17.7 Å². The topological polar surface area (TPSA) is 59.6 Å². The normalized spacial score (nSPS) is 9.60. The Morgan fingerprint density at radius 2 is 1.90 bits per heavy atom. The summed E-state index contributed by atoms with van der Waals surface area (Å²) >= 11 is 7.46. The van der Waals surface area contributed by atoms with E-state index < -0.39 is 0 Å². The molecule has 0 aliphatic rings. The van der Waals surface area contributed by atoms with E-state index in [1.165, 1.54) is 11.8 Å². The molecule has 0 aliphatic carbocycles. The van der Waals surface area contributed by atoms with Crippen LogP contribution in [0.3, 0.4) is 0 Å². The second-order valence-electron chi connectivity index (χ2n) is 3.92. The molecule has 0 saturated carbocycles. The molecule has 0 bridgehead atoms. The lowest BCUT2D eigenvalue weighted by atomic mass is 10.1. The molecule has 0 radical (unpaired) electrons. The second-order valence-corrected chi connectivity index (χ2v) is 5.21. The number of nitrogens with zero attached hydrogens (tertiary/aromatic N) is 2. The Hall–Kier alpha value is -2.14. The first-order valence-corrected chi connectivity index (χ1v) is 7.33. The number of halogens is 1. The fourth-order valence-electron chi connectivity index (χ4n) is 1.78. The van der Waals surface area contributed by atoms with E-state index in [0.717, 1.165) is 4.90 Å². The van der Waals surface area contributed by atoms with Crippen LogP contribution in [0.5, 0.6) is 0 Å². The summed E-state index contributed by atoms with van der Waals surface area (Å²) < 4.78 is 0. The van der Waals surface area contributed by atoms with E-state index in [4.69, 9.17) is 16.9 Å². The highest BCUT2D eigenvalue weighted by Gasteiger charge is 2.10. The molecule has 5 heteroatoms. The third kappa shape index (κ3) is 2.88. The molecular formula is C15H10ClN3S. The van der Waals surface area contributed by atoms with Gasteiger partial charge < -0.3 is 5.32 Å². The van der Waals surface area contributed by atoms with Crippen molar-refractivity contribution in [1.82, 2.24) is 0 Å². The van der Waals surface area contributed by atoms with Gasteiger partial charge in [0.25, 0.3) is 0 Å². The van der Waals surface area contributed by atoms with Gasteiger partial charge in [-0.15, -0.1) is 11.8 Å². The Morgan fingerprint density at radius 3 is 2.55 bits per heavy atom. The van der Waals surface area contributed by atoms with Crippen molar-refractivity contribution in [2.45, 2.75) is 4.90 Å². The maximum Gasteiger partial charge on any atom is 0.103 e. The highest BCUT2D eigenvalue weighted by molar-refractivity contribution is 7.98. The van der Waals surface area contributed by atoms with Crippen LogP contribution in [0.15, 0.2) is 41.3 Å². The summed E-state index contributed by atoms with van der Waals surface area (Å²) in [6, 6.07) is 14.8. The molecule has 0 amide bonds. The van der Waals surface area contributed by atoms with Crippen LogP contribution in [0.2, 0.25) is 5.02 Å². The fraction of sp³-hybridized carbons (Fsp3) is 0.0667. The summed E-state index contributed by atoms with van der Waals surface area (Å²) in [7, 11) is 0. The number of hydrogen-bond donors (Lipinski definition) is 1. The summed E-state index contributed by atoms with van der Waals surface area (Å²) in [6.07, 6.45) is 1.92. The van der Waals surface area contributed by atoms with Gasteiger partial charge >= 0.3 is 0 Å². The lowest BCUT2D eigenvalue weighted by Crippen LogP contribution is -1.97. The van der Waals surface area contributed by atoms with Crippen molar-refractivity contribution in [2.75, 3.05) is 11.6 Å². The minimum atomic E-state index is 0.479. The maximum absolute atomic E-state index is 9.30. The standard InChI is InChI=1S/C15H10ClN3S/c1-20-15-4-2-3-13(12(15)9-18)19-14-7-11(16)6-5-10(14)8-17/h2-7,19H,1H3. The number of thioether (sulfide) groups is 1. The molecule has 20 heavy (non-hydrogen) atoms. The quantitative estimate of drug-likeness (QED) is 0.845. The molecule has 0 atom stereocenters. The van der Waals surface area contributed by atoms with E-state index >= 15 is 0 Å². The van der Waals surface area contributed by atoms with Gasteiger partial charge in [0.15, 0.2) is 0 Å². The summed E-state index contributed by atoms with van der Waals surface area (Å²) in [6.45, 7) is 0. The van der Waals surface area contributed by atoms with Crippen molar-refractivity contribution >= 4 is 34.7 Å². The van der Waals surface area contributed by atoms with Crippen LogP contribution in [0.1, 0.15) is 11.1 Å². The van der Waals surface area contributed by atoms with Crippen LogP contribution < -0.4 is 5.32 Å². The largest absolute Gasteiger partial charge is 0.353 e. The zero-order valence-corrected chi connectivity index (χ0v) is 12.2. The summed E-state index contributed by atoms with van der Waals surface area (Å²) in [5.74, 6) is 0. The van der Waals surface area contributed by atoms with Crippen LogP contribution >= 0.6 is 23.4 Å². The molecule has 0 aliphatic heterocycles. The summed E-state index contributed by atoms with van der Waals surface area (Å²) in [5.41, 5.74) is 2.30. The van der Waals surface area contributed by atoms with Crippen molar-refractivity contribution in [2.24, 2.45) is 0 Å². The molecule has 98 valence electrons. The van der Waals surface area contributed by atoms with E-state index in [1.807, 2.05) is 18.4 Å². The predicted molar refractivity (Wildman–Crippen MR) is 82.4 cm³/mol. The van der Waals surface area contributed by atoms with Gasteiger partial charge in [-0.2, -0.15) is 10.5 Å². The Labute approximate surface area is 126 Å². The van der Waals surface area contributed by atoms with Gasteiger partial charge in [0, 0.05) is 9.92 Å². The highest BCUT2D eigenvalue weighted by atomic mass is 35.5. The van der Waals surface area contributed by atoms with Crippen molar-refractivity contribution in [1.29, 1.82) is 10.5 Å². The predicted octanol–water partition coefficient (Wildman–Crippen LogP) is 4.55. The Morgan fingerprint density at radius 1 is 1.10 bits per heavy atom. The van der Waals surface area contributed by atoms with Gasteiger partial charge in [0.05, 0.1) is 22.5 Å². The molecule has 0 saturated heterocycles. The molecule has 2 aromatic rings. The first-order valence-electron chi connectivity index (χ1n) is 5.73. The number of rotatable bonds is 3. The van der Waals surface area contributed by atoms with E-state index in [1.54, 1.807) is 24.3 Å². The number of anilines is 2. The molecule has 0 unspecified atom stereocenters. The number of benzene rings is 2. The first-order chi connectivity index (χ1) is 9.69. The first kappa shape index (κ1) is 14.3. The van der Waals surface area contributed by atoms with E-state index in [-0.39, 0.29) is 0 Å². The minimum Gasteiger partial charge on any atom is -0.353 e. The van der Waals surface area contributed by atoms with Crippen molar-refractivity contribution in [3.63, 3.8) is 0 Å². The average Bonchev–Trinajstić information content (AvgIpc) is 2.47. The molecule has 2 rings (SSSR count). The molecule has 2 aromatic carbocycles. The van der Waals surface area contributed by atoms with E-state index in [0.29, 0.717) is 27.5 Å². The number of nitriles is 2. The van der Waals surface area contributed by atoms with Crippen molar-refractivity contribution < 1.29 is 0 Å². The van der Waals surface area contributed by atoms with Gasteiger partial charge in [-0.3, -0.25) is 0 Å². The van der Waals surface area contributed by atoms with Crippen molar-refractivity contribution in [3.05, 3.63) is 52.5 Å². The van der Waals surface area contributed by atoms with Gasteiger partial charge in [-0.25, -0.2) is 0 Å². The number of hydrogen-bond acceptors (Lipinski definition) is 4. The molecule has 0 fully saturated rings. The SMILES string of the molecule is CSc1cccc(Nc2cc(Cl)ccc2C#N)c1C#N. The zero-order chi connectivity index (χ0) is 14.5. The van der Waals surface area contributed by atoms with Gasteiger partial charge in [-0.05, 0) is 36.6 Å². The van der Waals surface area contributed by atoms with E-state index in [9.17, 15) is 5.26 Å². The Kier molecular flexibility index (Phi) is 4.53. The molecule has 3 nitrogen and oxygen atoms in total. The molecule has 0 aromatic heterocycles. The monoisotopic (exact) mass is 299 g/mol. The Bertz CT molecular complexity index is 729. The highest BCUT2D eigenvalue weighted by Crippen LogP contribution is 2.30. The fourth-order valence-corrected chi connectivity index (χ4v) is 2.53. The van der Waals surface area contributed by atoms with Crippen LogP contribution in [-0.2, 0) is 0 Å². The molecule has 0 spiro atoms.